The molecule has 0 saturated heterocycles. The molecule has 1 heterocycles. The molecule has 0 aliphatic rings. The monoisotopic (exact) mass is 289 g/mol. The Balaban J connectivity index is 2.67. The fraction of sp³-hybridized carbons (Fsp3) is 0.333. The van der Waals surface area contributed by atoms with E-state index in [0.717, 1.165) is 35.1 Å². The predicted molar refractivity (Wildman–Crippen MR) is 87.2 cm³/mol. The van der Waals surface area contributed by atoms with Crippen molar-refractivity contribution in [3.05, 3.63) is 36.0 Å². The van der Waals surface area contributed by atoms with Gasteiger partial charge in [-0.3, -0.25) is 4.98 Å². The van der Waals surface area contributed by atoms with Gasteiger partial charge in [-0.25, -0.2) is 0 Å². The lowest BCUT2D eigenvalue weighted by molar-refractivity contribution is 0.302. The first kappa shape index (κ1) is 14.7. The quantitative estimate of drug-likeness (QED) is 0.797. The van der Waals surface area contributed by atoms with Gasteiger partial charge in [0.15, 0.2) is 0 Å². The van der Waals surface area contributed by atoms with E-state index in [1.807, 2.05) is 24.3 Å². The van der Waals surface area contributed by atoms with E-state index < -0.39 is 0 Å². The highest BCUT2D eigenvalue weighted by atomic mass is 32.1. The summed E-state index contributed by atoms with van der Waals surface area (Å²) < 4.78 is 0. The molecule has 1 aromatic heterocycles. The van der Waals surface area contributed by atoms with Crippen molar-refractivity contribution in [1.82, 2.24) is 4.98 Å². The molecule has 0 spiro atoms. The van der Waals surface area contributed by atoms with Gasteiger partial charge in [-0.2, -0.15) is 0 Å². The lowest BCUT2D eigenvalue weighted by atomic mass is 10.1. The van der Waals surface area contributed by atoms with Crippen molar-refractivity contribution in [3.63, 3.8) is 0 Å². The van der Waals surface area contributed by atoms with E-state index >= 15 is 0 Å². The Bertz CT molecular complexity index is 609. The fourth-order valence-corrected chi connectivity index (χ4v) is 2.52. The summed E-state index contributed by atoms with van der Waals surface area (Å²) in [6.45, 7) is 3.59. The minimum Gasteiger partial charge on any atom is -0.395 e. The van der Waals surface area contributed by atoms with Crippen LogP contribution in [0.5, 0.6) is 0 Å². The van der Waals surface area contributed by atoms with Crippen LogP contribution in [0.4, 0.5) is 5.69 Å². The fourth-order valence-electron chi connectivity index (χ4n) is 2.37. The van der Waals surface area contributed by atoms with Gasteiger partial charge in [-0.1, -0.05) is 37.3 Å². The number of pyridine rings is 1. The summed E-state index contributed by atoms with van der Waals surface area (Å²) in [5, 5.41) is 10.3. The van der Waals surface area contributed by atoms with Gasteiger partial charge in [0, 0.05) is 24.7 Å². The minimum absolute atomic E-state index is 0.0907. The first-order chi connectivity index (χ1) is 9.69. The van der Waals surface area contributed by atoms with Crippen LogP contribution in [0.15, 0.2) is 30.5 Å². The number of para-hydroxylation sites is 1. The highest BCUT2D eigenvalue weighted by molar-refractivity contribution is 7.80. The van der Waals surface area contributed by atoms with Crippen LogP contribution >= 0.6 is 12.2 Å². The number of thiocarbonyl (C=S) groups is 1. The van der Waals surface area contributed by atoms with E-state index in [1.54, 1.807) is 6.20 Å². The van der Waals surface area contributed by atoms with Crippen LogP contribution in [-0.4, -0.2) is 34.8 Å². The van der Waals surface area contributed by atoms with Gasteiger partial charge in [-0.05, 0) is 12.5 Å². The zero-order valence-corrected chi connectivity index (χ0v) is 12.4. The van der Waals surface area contributed by atoms with E-state index in [2.05, 4.69) is 16.8 Å². The van der Waals surface area contributed by atoms with Gasteiger partial charge in [0.05, 0.1) is 23.4 Å². The molecule has 2 rings (SSSR count). The molecule has 4 nitrogen and oxygen atoms in total. The number of nitrogens with two attached hydrogens (primary N) is 1. The van der Waals surface area contributed by atoms with Crippen molar-refractivity contribution in [2.24, 2.45) is 5.73 Å². The molecule has 0 saturated carbocycles. The largest absolute Gasteiger partial charge is 0.395 e. The number of benzene rings is 1. The molecule has 0 radical (unpaired) electrons. The molecule has 0 unspecified atom stereocenters. The molecule has 0 aliphatic heterocycles. The van der Waals surface area contributed by atoms with Crippen molar-refractivity contribution >= 4 is 33.8 Å². The van der Waals surface area contributed by atoms with E-state index in [-0.39, 0.29) is 6.61 Å². The Morgan fingerprint density at radius 2 is 2.10 bits per heavy atom. The van der Waals surface area contributed by atoms with Crippen molar-refractivity contribution < 1.29 is 5.11 Å². The van der Waals surface area contributed by atoms with Crippen molar-refractivity contribution in [2.75, 3.05) is 24.6 Å². The van der Waals surface area contributed by atoms with Crippen LogP contribution in [0.3, 0.4) is 0 Å². The summed E-state index contributed by atoms with van der Waals surface area (Å²) >= 11 is 5.15. The van der Waals surface area contributed by atoms with Crippen LogP contribution < -0.4 is 10.6 Å². The molecular formula is C15H19N3OS. The number of hydrogen-bond acceptors (Lipinski definition) is 4. The van der Waals surface area contributed by atoms with Crippen molar-refractivity contribution in [2.45, 2.75) is 13.3 Å². The lowest BCUT2D eigenvalue weighted by Crippen LogP contribution is -2.30. The van der Waals surface area contributed by atoms with Gasteiger partial charge in [0.1, 0.15) is 4.99 Å². The van der Waals surface area contributed by atoms with Crippen LogP contribution in [0, 0.1) is 0 Å². The second kappa shape index (κ2) is 6.63. The number of rotatable bonds is 6. The highest BCUT2D eigenvalue weighted by Gasteiger charge is 2.16. The van der Waals surface area contributed by atoms with Crippen LogP contribution in [-0.2, 0) is 0 Å². The molecule has 2 aromatic rings. The molecule has 106 valence electrons. The Hall–Kier alpha value is -1.72. The molecule has 0 atom stereocenters. The SMILES string of the molecule is CCCN(CCO)c1c(C(N)=S)cnc2ccccc12. The zero-order chi connectivity index (χ0) is 14.5. The Labute approximate surface area is 124 Å². The molecular weight excluding hydrogens is 270 g/mol. The van der Waals surface area contributed by atoms with Gasteiger partial charge in [0.2, 0.25) is 0 Å². The predicted octanol–water partition coefficient (Wildman–Crippen LogP) is 2.08. The Morgan fingerprint density at radius 1 is 1.35 bits per heavy atom. The Kier molecular flexibility index (Phi) is 4.87. The number of fused-ring (bicyclic) bond motifs is 1. The minimum atomic E-state index is 0.0907. The second-order valence-corrected chi connectivity index (χ2v) is 5.05. The van der Waals surface area contributed by atoms with Gasteiger partial charge < -0.3 is 15.7 Å². The molecule has 0 amide bonds. The maximum absolute atomic E-state index is 9.30. The summed E-state index contributed by atoms with van der Waals surface area (Å²) in [5.41, 5.74) is 8.48. The third-order valence-electron chi connectivity index (χ3n) is 3.19. The van der Waals surface area contributed by atoms with Crippen LogP contribution in [0.1, 0.15) is 18.9 Å². The highest BCUT2D eigenvalue weighted by Crippen LogP contribution is 2.29. The standard InChI is InChI=1S/C15H19N3OS/c1-2-7-18(8-9-19)14-11-5-3-4-6-13(11)17-10-12(14)15(16)20/h3-6,10,19H,2,7-9H2,1H3,(H2,16,20). The van der Waals surface area contributed by atoms with Crippen molar-refractivity contribution in [1.29, 1.82) is 0 Å². The molecule has 20 heavy (non-hydrogen) atoms. The topological polar surface area (TPSA) is 62.4 Å². The molecule has 0 bridgehead atoms. The van der Waals surface area contributed by atoms with Gasteiger partial charge in [0.25, 0.3) is 0 Å². The van der Waals surface area contributed by atoms with Crippen molar-refractivity contribution in [3.8, 4) is 0 Å². The van der Waals surface area contributed by atoms with Gasteiger partial charge in [-0.15, -0.1) is 0 Å². The molecule has 1 aromatic carbocycles. The molecule has 0 aliphatic carbocycles. The maximum atomic E-state index is 9.30. The third-order valence-corrected chi connectivity index (χ3v) is 3.41. The Morgan fingerprint density at radius 3 is 2.75 bits per heavy atom. The normalized spacial score (nSPS) is 10.7. The van der Waals surface area contributed by atoms with E-state index in [4.69, 9.17) is 18.0 Å². The van der Waals surface area contributed by atoms with E-state index in [9.17, 15) is 5.11 Å². The molecule has 5 heteroatoms. The number of nitrogens with zero attached hydrogens (tertiary/aromatic N) is 2. The smallest absolute Gasteiger partial charge is 0.107 e. The van der Waals surface area contributed by atoms with Gasteiger partial charge >= 0.3 is 0 Å². The summed E-state index contributed by atoms with van der Waals surface area (Å²) in [7, 11) is 0. The second-order valence-electron chi connectivity index (χ2n) is 4.61. The first-order valence-electron chi connectivity index (χ1n) is 6.72. The summed E-state index contributed by atoms with van der Waals surface area (Å²) in [6.07, 6.45) is 2.70. The number of aliphatic hydroxyl groups excluding tert-OH is 1. The average molecular weight is 289 g/mol. The van der Waals surface area contributed by atoms with Crippen LogP contribution in [0.2, 0.25) is 0 Å². The van der Waals surface area contributed by atoms with E-state index in [1.165, 1.54) is 0 Å². The van der Waals surface area contributed by atoms with Crippen LogP contribution in [0.25, 0.3) is 10.9 Å². The molecule has 0 fully saturated rings. The lowest BCUT2D eigenvalue weighted by Gasteiger charge is -2.27. The zero-order valence-electron chi connectivity index (χ0n) is 11.5. The number of hydrogen-bond donors (Lipinski definition) is 2. The molecule has 3 N–H and O–H groups in total. The average Bonchev–Trinajstić information content (AvgIpc) is 2.45. The number of aromatic nitrogens is 1. The summed E-state index contributed by atoms with van der Waals surface area (Å²) in [6, 6.07) is 7.90. The third kappa shape index (κ3) is 2.89. The maximum Gasteiger partial charge on any atom is 0.107 e. The van der Waals surface area contributed by atoms with E-state index in [0.29, 0.717) is 11.5 Å². The first-order valence-corrected chi connectivity index (χ1v) is 7.13. The summed E-state index contributed by atoms with van der Waals surface area (Å²) in [5.74, 6) is 0. The number of aliphatic hydroxyl groups is 1. The summed E-state index contributed by atoms with van der Waals surface area (Å²) in [4.78, 5) is 6.86. The number of anilines is 1.